The molecular weight excluding hydrogens is 246 g/mol. The minimum absolute atomic E-state index is 0.613. The van der Waals surface area contributed by atoms with Crippen LogP contribution < -0.4 is 0 Å². The minimum Gasteiger partial charge on any atom is -0.369 e. The molecule has 0 amide bonds. The van der Waals surface area contributed by atoms with Crippen LogP contribution in [0.4, 0.5) is 0 Å². The average Bonchev–Trinajstić information content (AvgIpc) is 2.48. The van der Waals surface area contributed by atoms with Crippen LogP contribution in [0.1, 0.15) is 11.1 Å². The molecule has 0 atom stereocenters. The van der Waals surface area contributed by atoms with Crippen molar-refractivity contribution < 1.29 is 5.11 Å². The number of rotatable bonds is 3. The SMILES string of the molecule is CN(C)CC#CC(O)(c1ccccc1)c1ccccc1. The van der Waals surface area contributed by atoms with Gasteiger partial charge in [-0.05, 0) is 14.1 Å². The van der Waals surface area contributed by atoms with Crippen LogP contribution in [-0.4, -0.2) is 30.6 Å². The van der Waals surface area contributed by atoms with Crippen LogP contribution >= 0.6 is 0 Å². The second-order valence-electron chi connectivity index (χ2n) is 4.98. The van der Waals surface area contributed by atoms with E-state index < -0.39 is 5.60 Å². The smallest absolute Gasteiger partial charge is 0.176 e. The van der Waals surface area contributed by atoms with Crippen molar-refractivity contribution in [1.82, 2.24) is 4.90 Å². The van der Waals surface area contributed by atoms with E-state index >= 15 is 0 Å². The molecular formula is C18H19NO. The van der Waals surface area contributed by atoms with Gasteiger partial charge in [0, 0.05) is 11.1 Å². The highest BCUT2D eigenvalue weighted by Gasteiger charge is 2.28. The van der Waals surface area contributed by atoms with Crippen molar-refractivity contribution >= 4 is 0 Å². The summed E-state index contributed by atoms with van der Waals surface area (Å²) in [7, 11) is 3.91. The highest BCUT2D eigenvalue weighted by Crippen LogP contribution is 2.28. The Balaban J connectivity index is 2.46. The largest absolute Gasteiger partial charge is 0.369 e. The first kappa shape index (κ1) is 14.3. The van der Waals surface area contributed by atoms with Crippen molar-refractivity contribution in [1.29, 1.82) is 0 Å². The van der Waals surface area contributed by atoms with Gasteiger partial charge in [-0.3, -0.25) is 4.90 Å². The summed E-state index contributed by atoms with van der Waals surface area (Å²) in [5, 5.41) is 11.1. The summed E-state index contributed by atoms with van der Waals surface area (Å²) in [5.74, 6) is 6.07. The highest BCUT2D eigenvalue weighted by molar-refractivity contribution is 5.44. The van der Waals surface area contributed by atoms with Crippen molar-refractivity contribution in [3.8, 4) is 11.8 Å². The predicted octanol–water partition coefficient (Wildman–Crippen LogP) is 2.49. The first-order valence-corrected chi connectivity index (χ1v) is 6.61. The second-order valence-corrected chi connectivity index (χ2v) is 4.98. The molecule has 2 nitrogen and oxygen atoms in total. The summed E-state index contributed by atoms with van der Waals surface area (Å²) in [5.41, 5.74) is 0.313. The summed E-state index contributed by atoms with van der Waals surface area (Å²) < 4.78 is 0. The summed E-state index contributed by atoms with van der Waals surface area (Å²) in [6.45, 7) is 0.613. The van der Waals surface area contributed by atoms with E-state index in [4.69, 9.17) is 0 Å². The van der Waals surface area contributed by atoms with Gasteiger partial charge in [-0.15, -0.1) is 0 Å². The number of aliphatic hydroxyl groups is 1. The number of hydrogen-bond donors (Lipinski definition) is 1. The van der Waals surface area contributed by atoms with Crippen molar-refractivity contribution in [3.05, 3.63) is 71.8 Å². The molecule has 0 aliphatic rings. The highest BCUT2D eigenvalue weighted by atomic mass is 16.3. The monoisotopic (exact) mass is 265 g/mol. The van der Waals surface area contributed by atoms with Gasteiger partial charge in [-0.1, -0.05) is 72.5 Å². The van der Waals surface area contributed by atoms with E-state index in [2.05, 4.69) is 11.8 Å². The lowest BCUT2D eigenvalue weighted by atomic mass is 9.87. The predicted molar refractivity (Wildman–Crippen MR) is 82.2 cm³/mol. The fourth-order valence-corrected chi connectivity index (χ4v) is 2.00. The summed E-state index contributed by atoms with van der Waals surface area (Å²) >= 11 is 0. The Morgan fingerprint density at radius 3 is 1.75 bits per heavy atom. The number of nitrogens with zero attached hydrogens (tertiary/aromatic N) is 1. The molecule has 1 N–H and O–H groups in total. The van der Waals surface area contributed by atoms with Gasteiger partial charge >= 0.3 is 0 Å². The van der Waals surface area contributed by atoms with Crippen LogP contribution in [0.3, 0.4) is 0 Å². The topological polar surface area (TPSA) is 23.5 Å². The Morgan fingerprint density at radius 1 is 0.900 bits per heavy atom. The summed E-state index contributed by atoms with van der Waals surface area (Å²) in [6, 6.07) is 19.1. The van der Waals surface area contributed by atoms with Crippen LogP contribution in [0.5, 0.6) is 0 Å². The quantitative estimate of drug-likeness (QED) is 0.862. The molecule has 0 aliphatic carbocycles. The molecule has 0 bridgehead atoms. The molecule has 20 heavy (non-hydrogen) atoms. The Kier molecular flexibility index (Phi) is 4.57. The fourth-order valence-electron chi connectivity index (χ4n) is 2.00. The van der Waals surface area contributed by atoms with Crippen LogP contribution in [0.15, 0.2) is 60.7 Å². The van der Waals surface area contributed by atoms with E-state index in [9.17, 15) is 5.11 Å². The van der Waals surface area contributed by atoms with Crippen LogP contribution in [0.25, 0.3) is 0 Å². The van der Waals surface area contributed by atoms with Gasteiger partial charge in [-0.2, -0.15) is 0 Å². The van der Waals surface area contributed by atoms with Gasteiger partial charge in [0.2, 0.25) is 0 Å². The third-order valence-corrected chi connectivity index (χ3v) is 3.05. The lowest BCUT2D eigenvalue weighted by Gasteiger charge is -2.23. The Labute approximate surface area is 120 Å². The van der Waals surface area contributed by atoms with Gasteiger partial charge < -0.3 is 5.11 Å². The molecule has 0 saturated heterocycles. The van der Waals surface area contributed by atoms with Crippen molar-refractivity contribution in [2.45, 2.75) is 5.60 Å². The number of benzene rings is 2. The fraction of sp³-hybridized carbons (Fsp3) is 0.222. The van der Waals surface area contributed by atoms with Crippen molar-refractivity contribution in [2.24, 2.45) is 0 Å². The van der Waals surface area contributed by atoms with Crippen LogP contribution in [-0.2, 0) is 5.60 Å². The van der Waals surface area contributed by atoms with Gasteiger partial charge in [0.05, 0.1) is 6.54 Å². The lowest BCUT2D eigenvalue weighted by Crippen LogP contribution is -2.25. The van der Waals surface area contributed by atoms with E-state index in [-0.39, 0.29) is 0 Å². The molecule has 0 aromatic heterocycles. The van der Waals surface area contributed by atoms with Gasteiger partial charge in [-0.25, -0.2) is 0 Å². The molecule has 0 spiro atoms. The van der Waals surface area contributed by atoms with Gasteiger partial charge in [0.25, 0.3) is 0 Å². The first-order chi connectivity index (χ1) is 9.63. The van der Waals surface area contributed by atoms with Crippen LogP contribution in [0.2, 0.25) is 0 Å². The third kappa shape index (κ3) is 3.27. The number of hydrogen-bond acceptors (Lipinski definition) is 2. The van der Waals surface area contributed by atoms with E-state index in [0.717, 1.165) is 11.1 Å². The zero-order valence-corrected chi connectivity index (χ0v) is 11.9. The van der Waals surface area contributed by atoms with E-state index in [1.807, 2.05) is 79.7 Å². The lowest BCUT2D eigenvalue weighted by molar-refractivity contribution is 0.145. The van der Waals surface area contributed by atoms with Gasteiger partial charge in [0.15, 0.2) is 5.60 Å². The first-order valence-electron chi connectivity index (χ1n) is 6.61. The molecule has 2 heteroatoms. The summed E-state index contributed by atoms with van der Waals surface area (Å²) in [6.07, 6.45) is 0. The Hall–Kier alpha value is -2.08. The van der Waals surface area contributed by atoms with Crippen LogP contribution in [0, 0.1) is 11.8 Å². The van der Waals surface area contributed by atoms with Gasteiger partial charge in [0.1, 0.15) is 0 Å². The Bertz CT molecular complexity index is 554. The molecule has 0 saturated carbocycles. The zero-order chi connectivity index (χ0) is 14.4. The average molecular weight is 265 g/mol. The second kappa shape index (κ2) is 6.38. The molecule has 0 fully saturated rings. The molecule has 0 heterocycles. The van der Waals surface area contributed by atoms with Crippen molar-refractivity contribution in [3.63, 3.8) is 0 Å². The standard InChI is InChI=1S/C18H19NO/c1-19(2)15-9-14-18(20,16-10-5-3-6-11-16)17-12-7-4-8-13-17/h3-8,10-13,20H,15H2,1-2H3. The van der Waals surface area contributed by atoms with Crippen molar-refractivity contribution in [2.75, 3.05) is 20.6 Å². The maximum Gasteiger partial charge on any atom is 0.176 e. The molecule has 2 aromatic carbocycles. The van der Waals surface area contributed by atoms with E-state index in [1.54, 1.807) is 0 Å². The third-order valence-electron chi connectivity index (χ3n) is 3.05. The minimum atomic E-state index is -1.27. The molecule has 0 unspecified atom stereocenters. The molecule has 102 valence electrons. The normalized spacial score (nSPS) is 11.0. The molecule has 0 aliphatic heterocycles. The molecule has 2 aromatic rings. The van der Waals surface area contributed by atoms with E-state index in [1.165, 1.54) is 0 Å². The maximum atomic E-state index is 11.1. The Morgan fingerprint density at radius 2 is 1.35 bits per heavy atom. The van der Waals surface area contributed by atoms with E-state index in [0.29, 0.717) is 6.54 Å². The molecule has 0 radical (unpaired) electrons. The summed E-state index contributed by atoms with van der Waals surface area (Å²) in [4.78, 5) is 1.98. The zero-order valence-electron chi connectivity index (χ0n) is 11.9. The maximum absolute atomic E-state index is 11.1. The molecule has 2 rings (SSSR count).